The molecule has 2 nitrogen and oxygen atoms in total. The first-order valence-corrected chi connectivity index (χ1v) is 5.85. The van der Waals surface area contributed by atoms with Crippen molar-refractivity contribution < 1.29 is 4.74 Å². The van der Waals surface area contributed by atoms with Gasteiger partial charge < -0.3 is 9.64 Å². The molecule has 0 amide bonds. The Morgan fingerprint density at radius 1 is 1.40 bits per heavy atom. The molecular weight excluding hydrogens is 186 g/mol. The molecule has 1 saturated heterocycles. The lowest BCUT2D eigenvalue weighted by atomic mass is 9.89. The summed E-state index contributed by atoms with van der Waals surface area (Å²) in [6.07, 6.45) is 1.58. The number of fused-ring (bicyclic) bond motifs is 3. The van der Waals surface area contributed by atoms with Crippen molar-refractivity contribution in [3.63, 3.8) is 0 Å². The van der Waals surface area contributed by atoms with Gasteiger partial charge in [-0.05, 0) is 19.4 Å². The molecule has 2 aliphatic rings. The average Bonchev–Trinajstić information content (AvgIpc) is 2.76. The fourth-order valence-electron chi connectivity index (χ4n) is 2.86. The summed E-state index contributed by atoms with van der Waals surface area (Å²) in [5, 5.41) is 0. The molecule has 0 unspecified atom stereocenters. The Bertz CT molecular complexity index is 363. The van der Waals surface area contributed by atoms with Gasteiger partial charge in [0.2, 0.25) is 0 Å². The maximum atomic E-state index is 5.85. The standard InChI is InChI=1S/C13H17NO/c1-2-14-9-10-7-8-15-13(10)11-5-3-4-6-12(11)14/h3-6,10,13H,2,7-9H2,1H3/t10-,13-/m1/s1. The molecule has 80 valence electrons. The Labute approximate surface area is 90.8 Å². The smallest absolute Gasteiger partial charge is 0.0890 e. The zero-order valence-corrected chi connectivity index (χ0v) is 9.15. The average molecular weight is 203 g/mol. The highest BCUT2D eigenvalue weighted by atomic mass is 16.5. The minimum absolute atomic E-state index is 0.365. The van der Waals surface area contributed by atoms with E-state index in [1.165, 1.54) is 17.7 Å². The summed E-state index contributed by atoms with van der Waals surface area (Å²) in [5.41, 5.74) is 2.77. The van der Waals surface area contributed by atoms with E-state index in [1.54, 1.807) is 0 Å². The molecular formula is C13H17NO. The van der Waals surface area contributed by atoms with Gasteiger partial charge in [0.1, 0.15) is 0 Å². The van der Waals surface area contributed by atoms with Crippen LogP contribution in [0.2, 0.25) is 0 Å². The molecule has 0 N–H and O–H groups in total. The maximum absolute atomic E-state index is 5.85. The highest BCUT2D eigenvalue weighted by molar-refractivity contribution is 5.57. The van der Waals surface area contributed by atoms with E-state index in [2.05, 4.69) is 36.1 Å². The first-order valence-electron chi connectivity index (χ1n) is 5.85. The van der Waals surface area contributed by atoms with Gasteiger partial charge in [0, 0.05) is 36.9 Å². The first kappa shape index (κ1) is 9.22. The molecule has 2 heterocycles. The van der Waals surface area contributed by atoms with E-state index in [9.17, 15) is 0 Å². The fraction of sp³-hybridized carbons (Fsp3) is 0.538. The predicted octanol–water partition coefficient (Wildman–Crippen LogP) is 2.60. The molecule has 0 saturated carbocycles. The Morgan fingerprint density at radius 2 is 2.27 bits per heavy atom. The molecule has 3 rings (SSSR count). The van der Waals surface area contributed by atoms with Crippen LogP contribution >= 0.6 is 0 Å². The Morgan fingerprint density at radius 3 is 3.13 bits per heavy atom. The minimum atomic E-state index is 0.365. The van der Waals surface area contributed by atoms with E-state index < -0.39 is 0 Å². The van der Waals surface area contributed by atoms with Gasteiger partial charge in [-0.25, -0.2) is 0 Å². The highest BCUT2D eigenvalue weighted by Gasteiger charge is 2.36. The summed E-state index contributed by atoms with van der Waals surface area (Å²) in [5.74, 6) is 0.708. The van der Waals surface area contributed by atoms with Crippen LogP contribution in [0.15, 0.2) is 24.3 Å². The van der Waals surface area contributed by atoms with Gasteiger partial charge in [-0.15, -0.1) is 0 Å². The summed E-state index contributed by atoms with van der Waals surface area (Å²) in [4.78, 5) is 2.48. The van der Waals surface area contributed by atoms with E-state index in [1.807, 2.05) is 0 Å². The van der Waals surface area contributed by atoms with Gasteiger partial charge in [-0.2, -0.15) is 0 Å². The van der Waals surface area contributed by atoms with Crippen molar-refractivity contribution in [2.45, 2.75) is 19.4 Å². The summed E-state index contributed by atoms with van der Waals surface area (Å²) >= 11 is 0. The SMILES string of the molecule is CCN1C[C@H]2CCO[C@H]2c2ccccc21. The second kappa shape index (κ2) is 3.53. The number of para-hydroxylation sites is 1. The van der Waals surface area contributed by atoms with Crippen molar-refractivity contribution in [3.05, 3.63) is 29.8 Å². The lowest BCUT2D eigenvalue weighted by Gasteiger charge is -2.36. The molecule has 15 heavy (non-hydrogen) atoms. The first-order chi connectivity index (χ1) is 7.40. The highest BCUT2D eigenvalue weighted by Crippen LogP contribution is 2.43. The molecule has 2 heteroatoms. The van der Waals surface area contributed by atoms with Crippen LogP contribution in [0.1, 0.15) is 25.0 Å². The number of hydrogen-bond acceptors (Lipinski definition) is 2. The van der Waals surface area contributed by atoms with Crippen molar-refractivity contribution in [2.24, 2.45) is 5.92 Å². The summed E-state index contributed by atoms with van der Waals surface area (Å²) in [6.45, 7) is 5.42. The third-order valence-corrected chi connectivity index (χ3v) is 3.63. The lowest BCUT2D eigenvalue weighted by molar-refractivity contribution is 0.0887. The number of anilines is 1. The second-order valence-electron chi connectivity index (χ2n) is 4.44. The van der Waals surface area contributed by atoms with Gasteiger partial charge >= 0.3 is 0 Å². The van der Waals surface area contributed by atoms with Crippen molar-refractivity contribution in [3.8, 4) is 0 Å². The van der Waals surface area contributed by atoms with E-state index in [0.29, 0.717) is 12.0 Å². The molecule has 0 aromatic heterocycles. The monoisotopic (exact) mass is 203 g/mol. The van der Waals surface area contributed by atoms with Crippen LogP contribution in [-0.4, -0.2) is 19.7 Å². The molecule has 2 atom stereocenters. The molecule has 1 fully saturated rings. The molecule has 0 aliphatic carbocycles. The topological polar surface area (TPSA) is 12.5 Å². The number of rotatable bonds is 1. The Hall–Kier alpha value is -1.02. The largest absolute Gasteiger partial charge is 0.373 e. The molecule has 0 spiro atoms. The predicted molar refractivity (Wildman–Crippen MR) is 61.1 cm³/mol. The van der Waals surface area contributed by atoms with Crippen LogP contribution in [0.25, 0.3) is 0 Å². The van der Waals surface area contributed by atoms with E-state index in [0.717, 1.165) is 19.7 Å². The van der Waals surface area contributed by atoms with Crippen molar-refractivity contribution in [1.82, 2.24) is 0 Å². The maximum Gasteiger partial charge on any atom is 0.0890 e. The van der Waals surface area contributed by atoms with Crippen LogP contribution in [0, 0.1) is 5.92 Å². The lowest BCUT2D eigenvalue weighted by Crippen LogP contribution is -2.35. The second-order valence-corrected chi connectivity index (χ2v) is 4.44. The third kappa shape index (κ3) is 1.36. The summed E-state index contributed by atoms with van der Waals surface area (Å²) < 4.78 is 5.85. The Kier molecular flexibility index (Phi) is 2.17. The molecule has 1 aromatic rings. The normalized spacial score (nSPS) is 28.7. The van der Waals surface area contributed by atoms with Gasteiger partial charge in [0.05, 0.1) is 6.10 Å². The molecule has 0 radical (unpaired) electrons. The molecule has 2 aliphatic heterocycles. The summed E-state index contributed by atoms with van der Waals surface area (Å²) in [6, 6.07) is 8.68. The van der Waals surface area contributed by atoms with E-state index in [4.69, 9.17) is 4.74 Å². The van der Waals surface area contributed by atoms with Crippen LogP contribution in [0.4, 0.5) is 5.69 Å². The van der Waals surface area contributed by atoms with E-state index >= 15 is 0 Å². The van der Waals surface area contributed by atoms with Crippen LogP contribution in [0.3, 0.4) is 0 Å². The van der Waals surface area contributed by atoms with Crippen molar-refractivity contribution in [2.75, 3.05) is 24.6 Å². The molecule has 0 bridgehead atoms. The fourth-order valence-corrected chi connectivity index (χ4v) is 2.86. The van der Waals surface area contributed by atoms with Crippen LogP contribution < -0.4 is 4.90 Å². The van der Waals surface area contributed by atoms with Gasteiger partial charge in [0.15, 0.2) is 0 Å². The minimum Gasteiger partial charge on any atom is -0.373 e. The number of nitrogens with zero attached hydrogens (tertiary/aromatic N) is 1. The summed E-state index contributed by atoms with van der Waals surface area (Å²) in [7, 11) is 0. The van der Waals surface area contributed by atoms with Gasteiger partial charge in [0.25, 0.3) is 0 Å². The van der Waals surface area contributed by atoms with Crippen molar-refractivity contribution >= 4 is 5.69 Å². The number of hydrogen-bond donors (Lipinski definition) is 0. The Balaban J connectivity index is 2.06. The zero-order valence-electron chi connectivity index (χ0n) is 9.15. The third-order valence-electron chi connectivity index (χ3n) is 3.63. The van der Waals surface area contributed by atoms with Gasteiger partial charge in [-0.1, -0.05) is 18.2 Å². The molecule has 1 aromatic carbocycles. The van der Waals surface area contributed by atoms with Crippen molar-refractivity contribution in [1.29, 1.82) is 0 Å². The number of benzene rings is 1. The van der Waals surface area contributed by atoms with Crippen LogP contribution in [-0.2, 0) is 4.74 Å². The quantitative estimate of drug-likeness (QED) is 0.695. The van der Waals surface area contributed by atoms with E-state index in [-0.39, 0.29) is 0 Å². The number of ether oxygens (including phenoxy) is 1. The van der Waals surface area contributed by atoms with Crippen LogP contribution in [0.5, 0.6) is 0 Å². The van der Waals surface area contributed by atoms with Gasteiger partial charge in [-0.3, -0.25) is 0 Å². The zero-order chi connectivity index (χ0) is 10.3.